The van der Waals surface area contributed by atoms with Crippen molar-refractivity contribution in [1.82, 2.24) is 30.8 Å². The molecule has 9 nitrogen and oxygen atoms in total. The molecular weight excluding hydrogens is 296 g/mol. The number of imide groups is 1. The van der Waals surface area contributed by atoms with Gasteiger partial charge in [-0.3, -0.25) is 10.1 Å². The number of carbonyl (C=O) groups excluding carboxylic acids is 2. The molecule has 3 amide bonds. The summed E-state index contributed by atoms with van der Waals surface area (Å²) in [6.45, 7) is 5.50. The van der Waals surface area contributed by atoms with Gasteiger partial charge in [0.2, 0.25) is 11.1 Å². The Labute approximate surface area is 127 Å². The van der Waals surface area contributed by atoms with Crippen molar-refractivity contribution in [2.45, 2.75) is 25.5 Å². The number of thioether (sulfide) groups is 1. The van der Waals surface area contributed by atoms with Gasteiger partial charge in [-0.15, -0.1) is 5.10 Å². The van der Waals surface area contributed by atoms with Crippen molar-refractivity contribution >= 4 is 23.7 Å². The van der Waals surface area contributed by atoms with Crippen molar-refractivity contribution < 1.29 is 14.3 Å². The third kappa shape index (κ3) is 7.04. The van der Waals surface area contributed by atoms with Gasteiger partial charge in [0.1, 0.15) is 0 Å². The number of nitrogens with zero attached hydrogens (tertiary/aromatic N) is 4. The van der Waals surface area contributed by atoms with Crippen LogP contribution >= 0.6 is 11.8 Å². The molecule has 0 saturated carbocycles. The van der Waals surface area contributed by atoms with Crippen LogP contribution < -0.4 is 10.6 Å². The Morgan fingerprint density at radius 1 is 1.43 bits per heavy atom. The molecule has 10 heteroatoms. The van der Waals surface area contributed by atoms with Crippen molar-refractivity contribution in [2.24, 2.45) is 5.92 Å². The third-order valence-corrected chi connectivity index (χ3v) is 3.17. The molecule has 0 aliphatic heterocycles. The highest BCUT2D eigenvalue weighted by Gasteiger charge is 2.12. The standard InChI is InChI=1S/C11H20N6O3S/c1-8(2)6-17-11(14-15-16-17)21-7-9(18)13-10(19)12-4-5-20-3/h8H,4-7H2,1-3H3,(H2,12,13,18,19). The minimum atomic E-state index is -0.542. The van der Waals surface area contributed by atoms with Gasteiger partial charge >= 0.3 is 6.03 Å². The van der Waals surface area contributed by atoms with Gasteiger partial charge in [0.15, 0.2) is 0 Å². The van der Waals surface area contributed by atoms with Gasteiger partial charge in [-0.25, -0.2) is 9.48 Å². The zero-order valence-corrected chi connectivity index (χ0v) is 13.1. The Bertz CT molecular complexity index is 465. The lowest BCUT2D eigenvalue weighted by atomic mass is 10.2. The second-order valence-electron chi connectivity index (χ2n) is 4.62. The minimum absolute atomic E-state index is 0.0656. The van der Waals surface area contributed by atoms with Gasteiger partial charge in [-0.2, -0.15) is 0 Å². The number of hydrogen-bond donors (Lipinski definition) is 2. The second kappa shape index (κ2) is 9.29. The summed E-state index contributed by atoms with van der Waals surface area (Å²) in [5.74, 6) is 0.0538. The maximum atomic E-state index is 11.6. The van der Waals surface area contributed by atoms with E-state index in [1.54, 1.807) is 4.68 Å². The zero-order chi connectivity index (χ0) is 15.7. The molecule has 1 rings (SSSR count). The van der Waals surface area contributed by atoms with E-state index in [-0.39, 0.29) is 5.75 Å². The van der Waals surface area contributed by atoms with Crippen LogP contribution in [0.15, 0.2) is 5.16 Å². The van der Waals surface area contributed by atoms with E-state index in [0.717, 1.165) is 0 Å². The first-order valence-electron chi connectivity index (χ1n) is 6.48. The number of carbonyl (C=O) groups is 2. The first-order chi connectivity index (χ1) is 10.0. The van der Waals surface area contributed by atoms with Crippen LogP contribution in [0.4, 0.5) is 4.79 Å². The van der Waals surface area contributed by atoms with E-state index in [1.807, 2.05) is 13.8 Å². The number of hydrogen-bond acceptors (Lipinski definition) is 7. The highest BCUT2D eigenvalue weighted by atomic mass is 32.2. The molecule has 1 heterocycles. The van der Waals surface area contributed by atoms with Crippen molar-refractivity contribution in [3.05, 3.63) is 0 Å². The molecule has 1 aromatic rings. The van der Waals surface area contributed by atoms with Crippen LogP contribution in [-0.2, 0) is 16.1 Å². The molecule has 0 aliphatic carbocycles. The average Bonchev–Trinajstić information content (AvgIpc) is 2.83. The van der Waals surface area contributed by atoms with E-state index >= 15 is 0 Å². The van der Waals surface area contributed by atoms with Crippen molar-refractivity contribution in [2.75, 3.05) is 26.0 Å². The summed E-state index contributed by atoms with van der Waals surface area (Å²) in [5.41, 5.74) is 0. The second-order valence-corrected chi connectivity index (χ2v) is 5.57. The van der Waals surface area contributed by atoms with E-state index in [9.17, 15) is 9.59 Å². The molecule has 0 aromatic carbocycles. The number of amides is 3. The van der Waals surface area contributed by atoms with Gasteiger partial charge in [0, 0.05) is 20.2 Å². The summed E-state index contributed by atoms with van der Waals surface area (Å²) in [6.07, 6.45) is 0. The van der Waals surface area contributed by atoms with Crippen LogP contribution in [0.25, 0.3) is 0 Å². The predicted molar refractivity (Wildman–Crippen MR) is 76.8 cm³/mol. The van der Waals surface area contributed by atoms with Crippen LogP contribution in [0.1, 0.15) is 13.8 Å². The molecule has 1 aromatic heterocycles. The first kappa shape index (κ1) is 17.4. The molecule has 118 valence electrons. The van der Waals surface area contributed by atoms with Crippen LogP contribution in [0.2, 0.25) is 0 Å². The first-order valence-corrected chi connectivity index (χ1v) is 7.47. The predicted octanol–water partition coefficient (Wildman–Crippen LogP) is -0.107. The van der Waals surface area contributed by atoms with E-state index in [4.69, 9.17) is 4.74 Å². The molecule has 0 spiro atoms. The SMILES string of the molecule is COCCNC(=O)NC(=O)CSc1nnnn1CC(C)C. The molecule has 21 heavy (non-hydrogen) atoms. The molecule has 0 fully saturated rings. The molecular formula is C11H20N6O3S. The lowest BCUT2D eigenvalue weighted by molar-refractivity contribution is -0.117. The number of methoxy groups -OCH3 is 1. The molecule has 0 unspecified atom stereocenters. The fraction of sp³-hybridized carbons (Fsp3) is 0.727. The van der Waals surface area contributed by atoms with E-state index in [1.165, 1.54) is 18.9 Å². The average molecular weight is 316 g/mol. The van der Waals surface area contributed by atoms with Crippen LogP contribution in [-0.4, -0.2) is 58.2 Å². The van der Waals surface area contributed by atoms with E-state index < -0.39 is 11.9 Å². The highest BCUT2D eigenvalue weighted by Crippen LogP contribution is 2.14. The maximum Gasteiger partial charge on any atom is 0.321 e. The monoisotopic (exact) mass is 316 g/mol. The van der Waals surface area contributed by atoms with Gasteiger partial charge in [0.25, 0.3) is 0 Å². The molecule has 0 bridgehead atoms. The van der Waals surface area contributed by atoms with Gasteiger partial charge in [0.05, 0.1) is 12.4 Å². The molecule has 0 radical (unpaired) electrons. The number of rotatable bonds is 8. The summed E-state index contributed by atoms with van der Waals surface area (Å²) >= 11 is 1.18. The number of tetrazole rings is 1. The number of nitrogens with one attached hydrogen (secondary N) is 2. The van der Waals surface area contributed by atoms with E-state index in [0.29, 0.717) is 30.8 Å². The quantitative estimate of drug-likeness (QED) is 0.508. The summed E-state index contributed by atoms with van der Waals surface area (Å²) < 4.78 is 6.42. The van der Waals surface area contributed by atoms with E-state index in [2.05, 4.69) is 26.2 Å². The Morgan fingerprint density at radius 3 is 2.86 bits per heavy atom. The molecule has 0 atom stereocenters. The Hall–Kier alpha value is -1.68. The Morgan fingerprint density at radius 2 is 2.19 bits per heavy atom. The Kier molecular flexibility index (Phi) is 7.69. The molecule has 0 aliphatic rings. The highest BCUT2D eigenvalue weighted by molar-refractivity contribution is 7.99. The largest absolute Gasteiger partial charge is 0.383 e. The van der Waals surface area contributed by atoms with Crippen molar-refractivity contribution in [3.63, 3.8) is 0 Å². The van der Waals surface area contributed by atoms with Gasteiger partial charge in [-0.05, 0) is 16.3 Å². The lowest BCUT2D eigenvalue weighted by Crippen LogP contribution is -2.41. The number of aromatic nitrogens is 4. The lowest BCUT2D eigenvalue weighted by Gasteiger charge is -2.07. The normalized spacial score (nSPS) is 10.7. The fourth-order valence-electron chi connectivity index (χ4n) is 1.36. The Balaban J connectivity index is 2.33. The van der Waals surface area contributed by atoms with Crippen LogP contribution in [0, 0.1) is 5.92 Å². The van der Waals surface area contributed by atoms with Crippen LogP contribution in [0.3, 0.4) is 0 Å². The zero-order valence-electron chi connectivity index (χ0n) is 12.3. The number of ether oxygens (including phenoxy) is 1. The summed E-state index contributed by atoms with van der Waals surface area (Å²) in [7, 11) is 1.53. The topological polar surface area (TPSA) is 111 Å². The van der Waals surface area contributed by atoms with Crippen molar-refractivity contribution in [3.8, 4) is 0 Å². The molecule has 0 saturated heterocycles. The molecule has 2 N–H and O–H groups in total. The third-order valence-electron chi connectivity index (χ3n) is 2.21. The van der Waals surface area contributed by atoms with Crippen LogP contribution in [0.5, 0.6) is 0 Å². The smallest absolute Gasteiger partial charge is 0.321 e. The van der Waals surface area contributed by atoms with Gasteiger partial charge in [-0.1, -0.05) is 25.6 Å². The summed E-state index contributed by atoms with van der Waals surface area (Å²) in [4.78, 5) is 23.0. The minimum Gasteiger partial charge on any atom is -0.383 e. The maximum absolute atomic E-state index is 11.6. The van der Waals surface area contributed by atoms with Gasteiger partial charge < -0.3 is 10.1 Å². The van der Waals surface area contributed by atoms with Crippen molar-refractivity contribution in [1.29, 1.82) is 0 Å². The number of urea groups is 1. The fourth-order valence-corrected chi connectivity index (χ4v) is 2.05. The summed E-state index contributed by atoms with van der Waals surface area (Å²) in [6, 6.07) is -0.542. The summed E-state index contributed by atoms with van der Waals surface area (Å²) in [5, 5.41) is 16.6.